The van der Waals surface area contributed by atoms with Gasteiger partial charge in [0.15, 0.2) is 5.76 Å². The zero-order chi connectivity index (χ0) is 19.7. The third kappa shape index (κ3) is 4.75. The monoisotopic (exact) mass is 419 g/mol. The van der Waals surface area contributed by atoms with Crippen LogP contribution >= 0.6 is 12.4 Å². The van der Waals surface area contributed by atoms with Gasteiger partial charge in [0.05, 0.1) is 6.04 Å². The average Bonchev–Trinajstić information content (AvgIpc) is 3.36. The Labute approximate surface area is 177 Å². The number of hydrogen-bond donors (Lipinski definition) is 2. The summed E-state index contributed by atoms with van der Waals surface area (Å²) in [4.78, 5) is 27.0. The molecule has 7 heteroatoms. The van der Waals surface area contributed by atoms with Gasteiger partial charge in [-0.05, 0) is 81.3 Å². The minimum absolute atomic E-state index is 0. The number of piperidine rings is 1. The van der Waals surface area contributed by atoms with Gasteiger partial charge in [0.2, 0.25) is 5.91 Å². The zero-order valence-electron chi connectivity index (χ0n) is 17.1. The summed E-state index contributed by atoms with van der Waals surface area (Å²) in [6.45, 7) is 7.05. The lowest BCUT2D eigenvalue weighted by atomic mass is 9.97. The fraction of sp³-hybridized carbons (Fsp3) is 0.545. The molecule has 1 aromatic heterocycles. The second-order valence-electron chi connectivity index (χ2n) is 8.24. The first kappa shape index (κ1) is 21.7. The molecule has 3 heterocycles. The van der Waals surface area contributed by atoms with E-state index in [1.807, 2.05) is 24.0 Å². The van der Waals surface area contributed by atoms with E-state index in [1.165, 1.54) is 5.56 Å². The van der Waals surface area contributed by atoms with Crippen LogP contribution in [0.1, 0.15) is 47.4 Å². The molecule has 2 unspecified atom stereocenters. The fourth-order valence-electron chi connectivity index (χ4n) is 4.26. The Morgan fingerprint density at radius 2 is 1.97 bits per heavy atom. The van der Waals surface area contributed by atoms with Gasteiger partial charge < -0.3 is 20.0 Å². The molecule has 29 heavy (non-hydrogen) atoms. The van der Waals surface area contributed by atoms with E-state index in [-0.39, 0.29) is 36.2 Å². The van der Waals surface area contributed by atoms with Gasteiger partial charge in [-0.1, -0.05) is 0 Å². The molecule has 1 aromatic carbocycles. The van der Waals surface area contributed by atoms with Crippen LogP contribution in [0.3, 0.4) is 0 Å². The Bertz CT molecular complexity index is 850. The number of hydrogen-bond acceptors (Lipinski definition) is 4. The first-order valence-electron chi connectivity index (χ1n) is 10.3. The number of rotatable bonds is 4. The number of aryl methyl sites for hydroxylation is 2. The summed E-state index contributed by atoms with van der Waals surface area (Å²) in [5, 5.41) is 7.26. The smallest absolute Gasteiger partial charge is 0.289 e. The topological polar surface area (TPSA) is 74.6 Å². The zero-order valence-corrected chi connectivity index (χ0v) is 17.9. The standard InChI is InChI=1S/C22H29N3O3.ClH/c1-14-9-17-11-20(28-19(17)10-15(14)2)22(27)25-8-4-5-16(13-25)12-24-21(26)18-6-3-7-23-18;/h9-11,16,18,23H,3-8,12-13H2,1-2H3,(H,24,26);1H. The van der Waals surface area contributed by atoms with Crippen molar-refractivity contribution in [1.82, 2.24) is 15.5 Å². The number of nitrogens with one attached hydrogen (secondary N) is 2. The molecular formula is C22H30ClN3O3. The van der Waals surface area contributed by atoms with E-state index >= 15 is 0 Å². The van der Waals surface area contributed by atoms with Crippen LogP contribution in [0, 0.1) is 19.8 Å². The molecule has 0 bridgehead atoms. The van der Waals surface area contributed by atoms with Crippen molar-refractivity contribution in [3.8, 4) is 0 Å². The van der Waals surface area contributed by atoms with Gasteiger partial charge in [0.25, 0.3) is 5.91 Å². The molecule has 0 radical (unpaired) electrons. The molecule has 0 saturated carbocycles. The predicted molar refractivity (Wildman–Crippen MR) is 116 cm³/mol. The molecule has 0 aliphatic carbocycles. The normalized spacial score (nSPS) is 21.8. The van der Waals surface area contributed by atoms with Crippen LogP contribution in [0.4, 0.5) is 0 Å². The summed E-state index contributed by atoms with van der Waals surface area (Å²) >= 11 is 0. The summed E-state index contributed by atoms with van der Waals surface area (Å²) < 4.78 is 5.85. The molecule has 6 nitrogen and oxygen atoms in total. The van der Waals surface area contributed by atoms with E-state index < -0.39 is 0 Å². The SMILES string of the molecule is Cc1cc2cc(C(=O)N3CCCC(CNC(=O)C4CCCN4)C3)oc2cc1C.Cl. The van der Waals surface area contributed by atoms with Crippen molar-refractivity contribution in [3.63, 3.8) is 0 Å². The molecule has 2 aliphatic heterocycles. The summed E-state index contributed by atoms with van der Waals surface area (Å²) in [6.07, 6.45) is 3.94. The lowest BCUT2D eigenvalue weighted by Crippen LogP contribution is -2.46. The van der Waals surface area contributed by atoms with Gasteiger partial charge in [0.1, 0.15) is 5.58 Å². The van der Waals surface area contributed by atoms with Crippen molar-refractivity contribution in [1.29, 1.82) is 0 Å². The van der Waals surface area contributed by atoms with E-state index in [2.05, 4.69) is 23.6 Å². The molecule has 2 saturated heterocycles. The Morgan fingerprint density at radius 3 is 2.72 bits per heavy atom. The van der Waals surface area contributed by atoms with Crippen LogP contribution in [0.2, 0.25) is 0 Å². The highest BCUT2D eigenvalue weighted by Gasteiger charge is 2.28. The number of halogens is 1. The largest absolute Gasteiger partial charge is 0.451 e. The fourth-order valence-corrected chi connectivity index (χ4v) is 4.26. The molecule has 2 aliphatic rings. The maximum absolute atomic E-state index is 13.0. The first-order chi connectivity index (χ1) is 13.5. The minimum atomic E-state index is -0.0556. The maximum atomic E-state index is 13.0. The van der Waals surface area contributed by atoms with E-state index in [9.17, 15) is 9.59 Å². The van der Waals surface area contributed by atoms with Gasteiger partial charge in [-0.25, -0.2) is 0 Å². The quantitative estimate of drug-likeness (QED) is 0.798. The molecule has 4 rings (SSSR count). The van der Waals surface area contributed by atoms with Crippen molar-refractivity contribution in [2.45, 2.75) is 45.6 Å². The number of nitrogens with zero attached hydrogens (tertiary/aromatic N) is 1. The van der Waals surface area contributed by atoms with Crippen LogP contribution in [0.25, 0.3) is 11.0 Å². The summed E-state index contributed by atoms with van der Waals surface area (Å²) in [5.74, 6) is 0.723. The van der Waals surface area contributed by atoms with Crippen molar-refractivity contribution in [3.05, 3.63) is 35.1 Å². The van der Waals surface area contributed by atoms with E-state index in [0.717, 1.165) is 55.3 Å². The number of benzene rings is 1. The van der Waals surface area contributed by atoms with E-state index in [1.54, 1.807) is 0 Å². The van der Waals surface area contributed by atoms with Crippen molar-refractivity contribution < 1.29 is 14.0 Å². The second-order valence-corrected chi connectivity index (χ2v) is 8.24. The van der Waals surface area contributed by atoms with Gasteiger partial charge in [0, 0.05) is 25.0 Å². The number of carbonyl (C=O) groups excluding carboxylic acids is 2. The highest BCUT2D eigenvalue weighted by molar-refractivity contribution is 5.96. The highest BCUT2D eigenvalue weighted by Crippen LogP contribution is 2.25. The Balaban J connectivity index is 0.00000240. The molecule has 2 atom stereocenters. The molecule has 158 valence electrons. The maximum Gasteiger partial charge on any atom is 0.289 e. The lowest BCUT2D eigenvalue weighted by molar-refractivity contribution is -0.123. The third-order valence-electron chi connectivity index (χ3n) is 6.09. The highest BCUT2D eigenvalue weighted by atomic mass is 35.5. The average molecular weight is 420 g/mol. The Kier molecular flexibility index (Phi) is 6.85. The number of amides is 2. The van der Waals surface area contributed by atoms with Gasteiger partial charge in [-0.15, -0.1) is 12.4 Å². The summed E-state index contributed by atoms with van der Waals surface area (Å²) in [6, 6.07) is 5.86. The molecule has 2 N–H and O–H groups in total. The molecule has 2 aromatic rings. The molecule has 2 fully saturated rings. The van der Waals surface area contributed by atoms with Crippen LogP contribution < -0.4 is 10.6 Å². The first-order valence-corrected chi connectivity index (χ1v) is 10.3. The van der Waals surface area contributed by atoms with Crippen LogP contribution in [-0.2, 0) is 4.79 Å². The summed E-state index contributed by atoms with van der Waals surface area (Å²) in [7, 11) is 0. The van der Waals surface area contributed by atoms with Gasteiger partial charge in [-0.3, -0.25) is 9.59 Å². The molecule has 2 amide bonds. The number of fused-ring (bicyclic) bond motifs is 1. The second kappa shape index (κ2) is 9.18. The van der Waals surface area contributed by atoms with Crippen molar-refractivity contribution in [2.24, 2.45) is 5.92 Å². The Hall–Kier alpha value is -2.05. The minimum Gasteiger partial charge on any atom is -0.451 e. The van der Waals surface area contributed by atoms with Crippen LogP contribution in [-0.4, -0.2) is 48.9 Å². The Morgan fingerprint density at radius 1 is 1.17 bits per heavy atom. The number of furan rings is 1. The number of carbonyl (C=O) groups is 2. The molecular weight excluding hydrogens is 390 g/mol. The molecule has 0 spiro atoms. The summed E-state index contributed by atoms with van der Waals surface area (Å²) in [5.41, 5.74) is 3.11. The number of likely N-dealkylation sites (tertiary alicyclic amines) is 1. The third-order valence-corrected chi connectivity index (χ3v) is 6.09. The van der Waals surface area contributed by atoms with Crippen LogP contribution in [0.15, 0.2) is 22.6 Å². The van der Waals surface area contributed by atoms with E-state index in [4.69, 9.17) is 4.42 Å². The van der Waals surface area contributed by atoms with Crippen molar-refractivity contribution in [2.75, 3.05) is 26.2 Å². The van der Waals surface area contributed by atoms with E-state index in [0.29, 0.717) is 18.8 Å². The lowest BCUT2D eigenvalue weighted by Gasteiger charge is -2.32. The van der Waals surface area contributed by atoms with Crippen LogP contribution in [0.5, 0.6) is 0 Å². The predicted octanol–water partition coefficient (Wildman–Crippen LogP) is 3.19. The van der Waals surface area contributed by atoms with Gasteiger partial charge in [-0.2, -0.15) is 0 Å². The van der Waals surface area contributed by atoms with Crippen molar-refractivity contribution >= 4 is 35.2 Å². The van der Waals surface area contributed by atoms with Gasteiger partial charge >= 0.3 is 0 Å².